The average molecular weight is 419 g/mol. The number of carbonyl (C=O) groups is 2. The zero-order chi connectivity index (χ0) is 21.2. The van der Waals surface area contributed by atoms with E-state index in [-0.39, 0.29) is 19.0 Å². The lowest BCUT2D eigenvalue weighted by molar-refractivity contribution is -0.138. The van der Waals surface area contributed by atoms with Crippen molar-refractivity contribution >= 4 is 23.5 Å². The molecule has 0 radical (unpaired) electrons. The van der Waals surface area contributed by atoms with Crippen LogP contribution in [0.2, 0.25) is 0 Å². The molecule has 3 rings (SSSR count). The van der Waals surface area contributed by atoms with E-state index in [1.807, 2.05) is 84.9 Å². The van der Waals surface area contributed by atoms with Gasteiger partial charge in [-0.25, -0.2) is 4.79 Å². The molecule has 0 N–H and O–H groups in total. The van der Waals surface area contributed by atoms with Gasteiger partial charge in [-0.3, -0.25) is 4.79 Å². The number of hydrogen-bond acceptors (Lipinski definition) is 5. The van der Waals surface area contributed by atoms with Crippen molar-refractivity contribution in [3.8, 4) is 5.75 Å². The van der Waals surface area contributed by atoms with Crippen molar-refractivity contribution < 1.29 is 19.1 Å². The Kier molecular flexibility index (Phi) is 7.86. The van der Waals surface area contributed by atoms with Crippen LogP contribution in [0, 0.1) is 0 Å². The highest BCUT2D eigenvalue weighted by Crippen LogP contribution is 2.38. The number of benzene rings is 3. The fourth-order valence-corrected chi connectivity index (χ4v) is 3.90. The van der Waals surface area contributed by atoms with Crippen molar-refractivity contribution in [1.29, 1.82) is 0 Å². The lowest BCUT2D eigenvalue weighted by Gasteiger charge is -2.17. The molecule has 5 heteroatoms. The summed E-state index contributed by atoms with van der Waals surface area (Å²) >= 11 is 1.50. The molecule has 0 amide bonds. The summed E-state index contributed by atoms with van der Waals surface area (Å²) in [5.74, 6) is 0.156. The van der Waals surface area contributed by atoms with Crippen molar-refractivity contribution in [3.05, 3.63) is 109 Å². The Morgan fingerprint density at radius 1 is 0.900 bits per heavy atom. The van der Waals surface area contributed by atoms with E-state index in [1.54, 1.807) is 0 Å². The first-order chi connectivity index (χ1) is 14.7. The summed E-state index contributed by atoms with van der Waals surface area (Å²) in [6.45, 7) is 3.69. The molecule has 3 aromatic carbocycles. The molecule has 0 aliphatic carbocycles. The van der Waals surface area contributed by atoms with Crippen LogP contribution in [0.3, 0.4) is 0 Å². The van der Waals surface area contributed by atoms with E-state index in [0.717, 1.165) is 16.5 Å². The fraction of sp³-hybridized carbons (Fsp3) is 0.120. The van der Waals surface area contributed by atoms with Crippen LogP contribution in [0.15, 0.2) is 102 Å². The van der Waals surface area contributed by atoms with Gasteiger partial charge >= 0.3 is 5.97 Å². The Morgan fingerprint density at radius 3 is 2.30 bits per heavy atom. The first kappa shape index (κ1) is 21.4. The zero-order valence-electron chi connectivity index (χ0n) is 16.4. The summed E-state index contributed by atoms with van der Waals surface area (Å²) in [4.78, 5) is 25.4. The predicted molar refractivity (Wildman–Crippen MR) is 119 cm³/mol. The van der Waals surface area contributed by atoms with Gasteiger partial charge in [-0.1, -0.05) is 67.2 Å². The van der Waals surface area contributed by atoms with Crippen LogP contribution < -0.4 is 4.74 Å². The van der Waals surface area contributed by atoms with Crippen LogP contribution in [0.4, 0.5) is 0 Å². The van der Waals surface area contributed by atoms with Crippen LogP contribution in [-0.2, 0) is 9.53 Å². The minimum Gasteiger partial charge on any atom is -0.490 e. The average Bonchev–Trinajstić information content (AvgIpc) is 2.81. The number of ether oxygens (including phenoxy) is 2. The summed E-state index contributed by atoms with van der Waals surface area (Å²) < 4.78 is 10.6. The van der Waals surface area contributed by atoms with E-state index in [0.29, 0.717) is 11.3 Å². The maximum atomic E-state index is 13.3. The monoisotopic (exact) mass is 418 g/mol. The van der Waals surface area contributed by atoms with Crippen molar-refractivity contribution in [2.45, 2.75) is 10.1 Å². The van der Waals surface area contributed by atoms with Gasteiger partial charge in [0.1, 0.15) is 19.0 Å². The van der Waals surface area contributed by atoms with Crippen LogP contribution in [0.25, 0.3) is 0 Å². The molecule has 1 unspecified atom stereocenters. The van der Waals surface area contributed by atoms with Crippen molar-refractivity contribution in [3.63, 3.8) is 0 Å². The molecule has 0 heterocycles. The second kappa shape index (κ2) is 11.0. The highest BCUT2D eigenvalue weighted by molar-refractivity contribution is 8.00. The summed E-state index contributed by atoms with van der Waals surface area (Å²) in [6, 6.07) is 26.6. The first-order valence-corrected chi connectivity index (χ1v) is 10.4. The maximum absolute atomic E-state index is 13.3. The second-order valence-electron chi connectivity index (χ2n) is 6.33. The molecule has 0 spiro atoms. The summed E-state index contributed by atoms with van der Waals surface area (Å²) in [7, 11) is 0. The number of esters is 1. The highest BCUT2D eigenvalue weighted by Gasteiger charge is 2.23. The summed E-state index contributed by atoms with van der Waals surface area (Å²) in [5, 5.41) is -0.419. The lowest BCUT2D eigenvalue weighted by Crippen LogP contribution is -2.12. The molecule has 4 nitrogen and oxygen atoms in total. The van der Waals surface area contributed by atoms with Crippen molar-refractivity contribution in [2.24, 2.45) is 0 Å². The molecular formula is C25H22O4S. The quantitative estimate of drug-likeness (QED) is 0.143. The molecule has 0 saturated carbocycles. The molecule has 0 aliphatic rings. The molecule has 152 valence electrons. The number of hydrogen-bond donors (Lipinski definition) is 0. The SMILES string of the molecule is C=CC(=O)OCCOc1cccc(C(Sc2ccccc2)C(=O)c2ccccc2)c1. The number of ketones is 1. The Morgan fingerprint density at radius 2 is 1.60 bits per heavy atom. The zero-order valence-corrected chi connectivity index (χ0v) is 17.2. The van der Waals surface area contributed by atoms with Crippen LogP contribution >= 0.6 is 11.8 Å². The van der Waals surface area contributed by atoms with Gasteiger partial charge in [0.25, 0.3) is 0 Å². The largest absolute Gasteiger partial charge is 0.490 e. The van der Waals surface area contributed by atoms with Gasteiger partial charge in [-0.05, 0) is 29.8 Å². The van der Waals surface area contributed by atoms with E-state index >= 15 is 0 Å². The standard InChI is InChI=1S/C25H22O4S/c1-2-23(26)29-17-16-28-21-13-9-12-20(18-21)25(30-22-14-7-4-8-15-22)24(27)19-10-5-3-6-11-19/h2-15,18,25H,1,16-17H2. The van der Waals surface area contributed by atoms with Gasteiger partial charge in [-0.15, -0.1) is 11.8 Å². The van der Waals surface area contributed by atoms with Crippen LogP contribution in [-0.4, -0.2) is 25.0 Å². The topological polar surface area (TPSA) is 52.6 Å². The third-order valence-corrected chi connectivity index (χ3v) is 5.48. The van der Waals surface area contributed by atoms with Gasteiger partial charge in [-0.2, -0.15) is 0 Å². The van der Waals surface area contributed by atoms with Gasteiger partial charge in [0.05, 0.1) is 5.25 Å². The molecule has 0 saturated heterocycles. The van der Waals surface area contributed by atoms with Crippen LogP contribution in [0.5, 0.6) is 5.75 Å². The van der Waals surface area contributed by atoms with Crippen LogP contribution in [0.1, 0.15) is 21.2 Å². The van der Waals surface area contributed by atoms with E-state index in [2.05, 4.69) is 6.58 Å². The number of rotatable bonds is 10. The van der Waals surface area contributed by atoms with Gasteiger partial charge in [0.15, 0.2) is 5.78 Å². The molecule has 1 atom stereocenters. The maximum Gasteiger partial charge on any atom is 0.330 e. The third kappa shape index (κ3) is 6.09. The van der Waals surface area contributed by atoms with Crippen molar-refractivity contribution in [2.75, 3.05) is 13.2 Å². The van der Waals surface area contributed by atoms with E-state index in [1.165, 1.54) is 11.8 Å². The Hall–Kier alpha value is -3.31. The van der Waals surface area contributed by atoms with E-state index in [9.17, 15) is 9.59 Å². The highest BCUT2D eigenvalue weighted by atomic mass is 32.2. The van der Waals surface area contributed by atoms with Gasteiger partial charge < -0.3 is 9.47 Å². The number of carbonyl (C=O) groups excluding carboxylic acids is 2. The molecule has 30 heavy (non-hydrogen) atoms. The number of Topliss-reactive ketones (excluding diaryl/α,β-unsaturated/α-hetero) is 1. The third-order valence-electron chi connectivity index (χ3n) is 4.22. The molecule has 0 bridgehead atoms. The molecule has 3 aromatic rings. The van der Waals surface area contributed by atoms with Crippen molar-refractivity contribution in [1.82, 2.24) is 0 Å². The molecule has 0 aromatic heterocycles. The smallest absolute Gasteiger partial charge is 0.330 e. The predicted octanol–water partition coefficient (Wildman–Crippen LogP) is 5.51. The normalized spacial score (nSPS) is 11.3. The summed E-state index contributed by atoms with van der Waals surface area (Å²) in [6.07, 6.45) is 1.11. The second-order valence-corrected chi connectivity index (χ2v) is 7.51. The van der Waals surface area contributed by atoms with Gasteiger partial charge in [0, 0.05) is 16.5 Å². The molecule has 0 aliphatic heterocycles. The Balaban J connectivity index is 1.79. The Bertz CT molecular complexity index is 986. The number of thioether (sulfide) groups is 1. The van der Waals surface area contributed by atoms with Gasteiger partial charge in [0.2, 0.25) is 0 Å². The van der Waals surface area contributed by atoms with E-state index in [4.69, 9.17) is 9.47 Å². The molecular weight excluding hydrogens is 396 g/mol. The molecule has 0 fully saturated rings. The minimum atomic E-state index is -0.486. The minimum absolute atomic E-state index is 0.0292. The van der Waals surface area contributed by atoms with E-state index < -0.39 is 11.2 Å². The first-order valence-electron chi connectivity index (χ1n) is 9.50. The summed E-state index contributed by atoms with van der Waals surface area (Å²) in [5.41, 5.74) is 1.51. The fourth-order valence-electron chi connectivity index (χ4n) is 2.79. The lowest BCUT2D eigenvalue weighted by atomic mass is 10.0. The Labute approximate surface area is 180 Å².